The molecule has 1 aromatic heterocycles. The number of nitrogen functional groups attached to an aromatic ring is 1. The highest BCUT2D eigenvalue weighted by atomic mass is 16.2. The number of aromatic nitrogens is 1. The molecule has 0 spiro atoms. The van der Waals surface area contributed by atoms with E-state index in [1.54, 1.807) is 11.0 Å². The van der Waals surface area contributed by atoms with Gasteiger partial charge in [-0.1, -0.05) is 0 Å². The van der Waals surface area contributed by atoms with Crippen LogP contribution >= 0.6 is 0 Å². The van der Waals surface area contributed by atoms with Crippen molar-refractivity contribution in [2.75, 3.05) is 12.3 Å². The van der Waals surface area contributed by atoms with Crippen molar-refractivity contribution >= 4 is 17.5 Å². The van der Waals surface area contributed by atoms with Crippen LogP contribution in [0.1, 0.15) is 49.1 Å². The van der Waals surface area contributed by atoms with Gasteiger partial charge in [0.25, 0.3) is 5.91 Å². The molecule has 1 saturated heterocycles. The molecule has 2 unspecified atom stereocenters. The number of carbonyl (C=O) groups excluding carboxylic acids is 2. The summed E-state index contributed by atoms with van der Waals surface area (Å²) in [6, 6.07) is 2.26. The Kier molecular flexibility index (Phi) is 3.39. The van der Waals surface area contributed by atoms with Crippen LogP contribution in [0.2, 0.25) is 0 Å². The minimum Gasteiger partial charge on any atom is -0.397 e. The fourth-order valence-corrected chi connectivity index (χ4v) is 3.10. The third-order valence-corrected chi connectivity index (χ3v) is 4.57. The van der Waals surface area contributed by atoms with Gasteiger partial charge in [-0.15, -0.1) is 0 Å². The zero-order valence-corrected chi connectivity index (χ0v) is 12.3. The second-order valence-electron chi connectivity index (χ2n) is 6.28. The van der Waals surface area contributed by atoms with Crippen molar-refractivity contribution in [2.45, 2.75) is 44.7 Å². The van der Waals surface area contributed by atoms with Crippen molar-refractivity contribution in [3.8, 4) is 0 Å². The van der Waals surface area contributed by atoms with E-state index >= 15 is 0 Å². The van der Waals surface area contributed by atoms with Gasteiger partial charge >= 0.3 is 0 Å². The number of primary amides is 1. The van der Waals surface area contributed by atoms with Gasteiger partial charge in [0.05, 0.1) is 11.6 Å². The predicted molar refractivity (Wildman–Crippen MR) is 79.5 cm³/mol. The Labute approximate surface area is 124 Å². The van der Waals surface area contributed by atoms with Crippen molar-refractivity contribution in [3.63, 3.8) is 0 Å². The molecule has 0 radical (unpaired) electrons. The molecule has 1 aliphatic heterocycles. The van der Waals surface area contributed by atoms with E-state index in [1.165, 1.54) is 0 Å². The summed E-state index contributed by atoms with van der Waals surface area (Å²) < 4.78 is 1.98. The highest BCUT2D eigenvalue weighted by Crippen LogP contribution is 2.37. The van der Waals surface area contributed by atoms with Crippen LogP contribution in [0.5, 0.6) is 0 Å². The van der Waals surface area contributed by atoms with E-state index in [2.05, 4.69) is 0 Å². The van der Waals surface area contributed by atoms with Gasteiger partial charge < -0.3 is 20.9 Å². The number of anilines is 1. The molecule has 2 aliphatic rings. The molecule has 1 aliphatic carbocycles. The third kappa shape index (κ3) is 2.62. The smallest absolute Gasteiger partial charge is 0.270 e. The lowest BCUT2D eigenvalue weighted by Gasteiger charge is -2.37. The summed E-state index contributed by atoms with van der Waals surface area (Å²) in [5, 5.41) is 0. The highest BCUT2D eigenvalue weighted by Gasteiger charge is 2.35. The van der Waals surface area contributed by atoms with E-state index < -0.39 is 0 Å². The van der Waals surface area contributed by atoms with Gasteiger partial charge in [0.15, 0.2) is 0 Å². The largest absolute Gasteiger partial charge is 0.397 e. The number of amides is 2. The Morgan fingerprint density at radius 3 is 2.57 bits per heavy atom. The predicted octanol–water partition coefficient (Wildman–Crippen LogP) is 1.13. The van der Waals surface area contributed by atoms with Gasteiger partial charge in [0, 0.05) is 24.8 Å². The molecule has 0 aromatic carbocycles. The third-order valence-electron chi connectivity index (χ3n) is 4.57. The zero-order valence-electron chi connectivity index (χ0n) is 12.3. The first kappa shape index (κ1) is 14.0. The van der Waals surface area contributed by atoms with Gasteiger partial charge in [-0.3, -0.25) is 9.59 Å². The van der Waals surface area contributed by atoms with Crippen LogP contribution < -0.4 is 11.5 Å². The highest BCUT2D eigenvalue weighted by molar-refractivity contribution is 5.94. The number of carbonyl (C=O) groups is 2. The molecule has 1 saturated carbocycles. The van der Waals surface area contributed by atoms with Crippen LogP contribution in [0, 0.1) is 5.92 Å². The SMILES string of the molecule is CC1CCC(C(N)=O)CN1C(=O)c1cc(N)cn1C1CC1. The lowest BCUT2D eigenvalue weighted by molar-refractivity contribution is -0.123. The van der Waals surface area contributed by atoms with Gasteiger partial charge in [0.2, 0.25) is 5.91 Å². The van der Waals surface area contributed by atoms with Crippen LogP contribution in [0.4, 0.5) is 5.69 Å². The first-order valence-electron chi connectivity index (χ1n) is 7.55. The van der Waals surface area contributed by atoms with Crippen LogP contribution in [-0.4, -0.2) is 33.9 Å². The number of nitrogens with two attached hydrogens (primary N) is 2. The topological polar surface area (TPSA) is 94.3 Å². The van der Waals surface area contributed by atoms with E-state index in [9.17, 15) is 9.59 Å². The van der Waals surface area contributed by atoms with E-state index in [4.69, 9.17) is 11.5 Å². The average Bonchev–Trinajstić information content (AvgIpc) is 3.21. The molecule has 2 amide bonds. The van der Waals surface area contributed by atoms with Crippen molar-refractivity contribution in [1.82, 2.24) is 9.47 Å². The molecule has 2 atom stereocenters. The Morgan fingerprint density at radius 2 is 1.95 bits per heavy atom. The molecule has 6 nitrogen and oxygen atoms in total. The number of rotatable bonds is 3. The van der Waals surface area contributed by atoms with Crippen LogP contribution in [0.25, 0.3) is 0 Å². The number of hydrogen-bond donors (Lipinski definition) is 2. The molecule has 0 bridgehead atoms. The minimum atomic E-state index is -0.322. The van der Waals surface area contributed by atoms with Crippen LogP contribution in [0.15, 0.2) is 12.3 Å². The monoisotopic (exact) mass is 290 g/mol. The van der Waals surface area contributed by atoms with Crippen molar-refractivity contribution in [3.05, 3.63) is 18.0 Å². The maximum absolute atomic E-state index is 12.8. The molecule has 114 valence electrons. The van der Waals surface area contributed by atoms with Gasteiger partial charge in [0.1, 0.15) is 5.69 Å². The second-order valence-corrected chi connectivity index (χ2v) is 6.28. The first-order valence-corrected chi connectivity index (χ1v) is 7.55. The summed E-state index contributed by atoms with van der Waals surface area (Å²) in [7, 11) is 0. The van der Waals surface area contributed by atoms with Crippen LogP contribution in [-0.2, 0) is 4.79 Å². The maximum Gasteiger partial charge on any atom is 0.270 e. The molecular formula is C15H22N4O2. The molecule has 3 rings (SSSR count). The summed E-state index contributed by atoms with van der Waals surface area (Å²) in [5.74, 6) is -0.610. The van der Waals surface area contributed by atoms with Crippen molar-refractivity contribution < 1.29 is 9.59 Å². The molecule has 21 heavy (non-hydrogen) atoms. The van der Waals surface area contributed by atoms with Crippen molar-refractivity contribution in [1.29, 1.82) is 0 Å². The number of nitrogens with zero attached hydrogens (tertiary/aromatic N) is 2. The van der Waals surface area contributed by atoms with E-state index in [0.29, 0.717) is 24.0 Å². The lowest BCUT2D eigenvalue weighted by atomic mass is 9.92. The zero-order chi connectivity index (χ0) is 15.1. The minimum absolute atomic E-state index is 0.0444. The quantitative estimate of drug-likeness (QED) is 0.873. The molecule has 6 heteroatoms. The van der Waals surface area contributed by atoms with Crippen molar-refractivity contribution in [2.24, 2.45) is 11.7 Å². The Morgan fingerprint density at radius 1 is 1.24 bits per heavy atom. The summed E-state index contributed by atoms with van der Waals surface area (Å²) in [6.45, 7) is 2.42. The summed E-state index contributed by atoms with van der Waals surface area (Å²) >= 11 is 0. The molecular weight excluding hydrogens is 268 g/mol. The van der Waals surface area contributed by atoms with E-state index in [1.807, 2.05) is 17.7 Å². The fraction of sp³-hybridized carbons (Fsp3) is 0.600. The molecule has 4 N–H and O–H groups in total. The fourth-order valence-electron chi connectivity index (χ4n) is 3.10. The Bertz CT molecular complexity index is 576. The maximum atomic E-state index is 12.8. The second kappa shape index (κ2) is 5.09. The molecule has 2 fully saturated rings. The average molecular weight is 290 g/mol. The first-order chi connectivity index (χ1) is 9.97. The number of piperidine rings is 1. The van der Waals surface area contributed by atoms with Gasteiger partial charge in [-0.2, -0.15) is 0 Å². The number of likely N-dealkylation sites (tertiary alicyclic amines) is 1. The van der Waals surface area contributed by atoms with Gasteiger partial charge in [-0.05, 0) is 38.7 Å². The van der Waals surface area contributed by atoms with Crippen LogP contribution in [0.3, 0.4) is 0 Å². The Balaban J connectivity index is 1.84. The van der Waals surface area contributed by atoms with Gasteiger partial charge in [-0.25, -0.2) is 0 Å². The van der Waals surface area contributed by atoms with E-state index in [-0.39, 0.29) is 23.8 Å². The summed E-state index contributed by atoms with van der Waals surface area (Å²) in [4.78, 5) is 26.0. The lowest BCUT2D eigenvalue weighted by Crippen LogP contribution is -2.49. The normalized spacial score (nSPS) is 25.9. The molecule has 1 aromatic rings. The standard InChI is InChI=1S/C15H22N4O2/c1-9-2-3-10(14(17)20)7-18(9)15(21)13-6-11(16)8-19(13)12-4-5-12/h6,8-10,12H,2-5,7,16H2,1H3,(H2,17,20). The van der Waals surface area contributed by atoms with E-state index in [0.717, 1.165) is 25.7 Å². The Hall–Kier alpha value is -1.98. The summed E-state index contributed by atoms with van der Waals surface area (Å²) in [5.41, 5.74) is 12.5. The molecule has 2 heterocycles. The summed E-state index contributed by atoms with van der Waals surface area (Å²) in [6.07, 6.45) is 5.58. The number of hydrogen-bond acceptors (Lipinski definition) is 3.